The Balaban J connectivity index is 1.45. The molecule has 1 fully saturated rings. The molecule has 1 aliphatic carbocycles. The van der Waals surface area contributed by atoms with Crippen molar-refractivity contribution < 1.29 is 4.74 Å². The monoisotopic (exact) mass is 259 g/mol. The van der Waals surface area contributed by atoms with Crippen molar-refractivity contribution in [1.82, 2.24) is 5.32 Å². The van der Waals surface area contributed by atoms with Gasteiger partial charge in [0, 0.05) is 13.0 Å². The van der Waals surface area contributed by atoms with Gasteiger partial charge in [0.1, 0.15) is 5.75 Å². The molecule has 0 radical (unpaired) electrons. The quantitative estimate of drug-likeness (QED) is 0.792. The number of benzene rings is 1. The highest BCUT2D eigenvalue weighted by molar-refractivity contribution is 5.39. The van der Waals surface area contributed by atoms with E-state index in [0.29, 0.717) is 5.41 Å². The van der Waals surface area contributed by atoms with Crippen LogP contribution >= 0.6 is 0 Å². The van der Waals surface area contributed by atoms with Crippen molar-refractivity contribution in [3.8, 4) is 5.75 Å². The van der Waals surface area contributed by atoms with Crippen LogP contribution < -0.4 is 10.1 Å². The van der Waals surface area contributed by atoms with E-state index < -0.39 is 0 Å². The maximum atomic E-state index is 5.54. The SMILES string of the molecule is CC(C)C1(CNCCc2ccc3c(c2)CCO3)CC1. The minimum Gasteiger partial charge on any atom is -0.493 e. The van der Waals surface area contributed by atoms with Gasteiger partial charge < -0.3 is 10.1 Å². The average Bonchev–Trinajstić information content (AvgIpc) is 3.05. The lowest BCUT2D eigenvalue weighted by Crippen LogP contribution is -2.29. The van der Waals surface area contributed by atoms with Gasteiger partial charge in [-0.3, -0.25) is 0 Å². The van der Waals surface area contributed by atoms with Crippen LogP contribution in [-0.4, -0.2) is 19.7 Å². The molecule has 1 saturated carbocycles. The maximum absolute atomic E-state index is 5.54. The van der Waals surface area contributed by atoms with Gasteiger partial charge in [-0.05, 0) is 54.3 Å². The van der Waals surface area contributed by atoms with Crippen molar-refractivity contribution in [2.75, 3.05) is 19.7 Å². The Morgan fingerprint density at radius 3 is 2.89 bits per heavy atom. The van der Waals surface area contributed by atoms with Crippen molar-refractivity contribution in [2.24, 2.45) is 11.3 Å². The van der Waals surface area contributed by atoms with Gasteiger partial charge >= 0.3 is 0 Å². The second-order valence-corrected chi connectivity index (χ2v) is 6.48. The molecule has 0 spiro atoms. The summed E-state index contributed by atoms with van der Waals surface area (Å²) in [7, 11) is 0. The van der Waals surface area contributed by atoms with Crippen LogP contribution in [0.4, 0.5) is 0 Å². The molecule has 1 aromatic carbocycles. The standard InChI is InChI=1S/C17H25NO/c1-13(2)17(7-8-17)12-18-9-5-14-3-4-16-15(11-14)6-10-19-16/h3-4,11,13,18H,5-10,12H2,1-2H3. The van der Waals surface area contributed by atoms with Gasteiger partial charge in [-0.1, -0.05) is 26.0 Å². The number of hydrogen-bond acceptors (Lipinski definition) is 2. The largest absolute Gasteiger partial charge is 0.493 e. The van der Waals surface area contributed by atoms with Crippen LogP contribution in [0.15, 0.2) is 18.2 Å². The Kier molecular flexibility index (Phi) is 3.53. The van der Waals surface area contributed by atoms with E-state index in [1.54, 1.807) is 0 Å². The van der Waals surface area contributed by atoms with Crippen molar-refractivity contribution >= 4 is 0 Å². The Bertz CT molecular complexity index is 449. The van der Waals surface area contributed by atoms with E-state index in [2.05, 4.69) is 37.4 Å². The molecule has 2 aliphatic rings. The molecule has 0 bridgehead atoms. The van der Waals surface area contributed by atoms with Gasteiger partial charge in [0.15, 0.2) is 0 Å². The maximum Gasteiger partial charge on any atom is 0.122 e. The number of hydrogen-bond donors (Lipinski definition) is 1. The molecule has 2 heteroatoms. The fourth-order valence-electron chi connectivity index (χ4n) is 3.08. The molecule has 1 N–H and O–H groups in total. The highest BCUT2D eigenvalue weighted by Crippen LogP contribution is 2.51. The van der Waals surface area contributed by atoms with Crippen LogP contribution in [0.5, 0.6) is 5.75 Å². The fraction of sp³-hybridized carbons (Fsp3) is 0.647. The Morgan fingerprint density at radius 1 is 1.32 bits per heavy atom. The van der Waals surface area contributed by atoms with Gasteiger partial charge in [0.05, 0.1) is 6.61 Å². The van der Waals surface area contributed by atoms with Gasteiger partial charge in [-0.25, -0.2) is 0 Å². The Hall–Kier alpha value is -1.02. The van der Waals surface area contributed by atoms with E-state index >= 15 is 0 Å². The first kappa shape index (κ1) is 13.0. The van der Waals surface area contributed by atoms with Crippen LogP contribution in [0, 0.1) is 11.3 Å². The zero-order chi connectivity index (χ0) is 13.3. The van der Waals surface area contributed by atoms with E-state index in [9.17, 15) is 0 Å². The van der Waals surface area contributed by atoms with Crippen LogP contribution in [0.2, 0.25) is 0 Å². The Morgan fingerprint density at radius 2 is 2.16 bits per heavy atom. The third-order valence-corrected chi connectivity index (χ3v) is 4.94. The highest BCUT2D eigenvalue weighted by Gasteiger charge is 2.44. The van der Waals surface area contributed by atoms with Crippen LogP contribution in [0.3, 0.4) is 0 Å². The zero-order valence-electron chi connectivity index (χ0n) is 12.2. The lowest BCUT2D eigenvalue weighted by molar-refractivity contribution is 0.339. The molecule has 1 heterocycles. The average molecular weight is 259 g/mol. The predicted molar refractivity (Wildman–Crippen MR) is 78.7 cm³/mol. The summed E-state index contributed by atoms with van der Waals surface area (Å²) in [4.78, 5) is 0. The minimum absolute atomic E-state index is 0.617. The molecular weight excluding hydrogens is 234 g/mol. The van der Waals surface area contributed by atoms with Gasteiger partial charge in [-0.15, -0.1) is 0 Å². The molecule has 0 amide bonds. The van der Waals surface area contributed by atoms with E-state index in [1.807, 2.05) is 0 Å². The summed E-state index contributed by atoms with van der Waals surface area (Å²) in [6, 6.07) is 6.66. The molecular formula is C17H25NO. The van der Waals surface area contributed by atoms with Crippen molar-refractivity contribution in [1.29, 1.82) is 0 Å². The van der Waals surface area contributed by atoms with Crippen LogP contribution in [-0.2, 0) is 12.8 Å². The van der Waals surface area contributed by atoms with E-state index in [0.717, 1.165) is 37.7 Å². The molecule has 0 unspecified atom stereocenters. The summed E-state index contributed by atoms with van der Waals surface area (Å²) >= 11 is 0. The van der Waals surface area contributed by atoms with E-state index in [-0.39, 0.29) is 0 Å². The topological polar surface area (TPSA) is 21.3 Å². The molecule has 19 heavy (non-hydrogen) atoms. The lowest BCUT2D eigenvalue weighted by atomic mass is 9.92. The summed E-state index contributed by atoms with van der Waals surface area (Å²) in [6.45, 7) is 7.85. The van der Waals surface area contributed by atoms with Gasteiger partial charge in [0.2, 0.25) is 0 Å². The molecule has 0 aromatic heterocycles. The molecule has 1 aromatic rings. The van der Waals surface area contributed by atoms with Gasteiger partial charge in [0.25, 0.3) is 0 Å². The first-order valence-electron chi connectivity index (χ1n) is 7.65. The zero-order valence-corrected chi connectivity index (χ0v) is 12.2. The van der Waals surface area contributed by atoms with Crippen LogP contribution in [0.1, 0.15) is 37.8 Å². The number of fused-ring (bicyclic) bond motifs is 1. The Labute approximate surface area is 116 Å². The van der Waals surface area contributed by atoms with Crippen molar-refractivity contribution in [2.45, 2.75) is 39.5 Å². The molecule has 0 atom stereocenters. The lowest BCUT2D eigenvalue weighted by Gasteiger charge is -2.20. The first-order valence-corrected chi connectivity index (χ1v) is 7.65. The second kappa shape index (κ2) is 5.16. The highest BCUT2D eigenvalue weighted by atomic mass is 16.5. The van der Waals surface area contributed by atoms with Crippen molar-refractivity contribution in [3.63, 3.8) is 0 Å². The van der Waals surface area contributed by atoms with Crippen LogP contribution in [0.25, 0.3) is 0 Å². The third kappa shape index (κ3) is 2.79. The summed E-state index contributed by atoms with van der Waals surface area (Å²) in [5.41, 5.74) is 3.44. The molecule has 0 saturated heterocycles. The molecule has 2 nitrogen and oxygen atoms in total. The summed E-state index contributed by atoms with van der Waals surface area (Å²) in [5, 5.41) is 3.65. The molecule has 1 aliphatic heterocycles. The summed E-state index contributed by atoms with van der Waals surface area (Å²) in [5.74, 6) is 1.91. The summed E-state index contributed by atoms with van der Waals surface area (Å²) in [6.07, 6.45) is 5.02. The molecule has 104 valence electrons. The van der Waals surface area contributed by atoms with E-state index in [4.69, 9.17) is 4.74 Å². The smallest absolute Gasteiger partial charge is 0.122 e. The molecule has 3 rings (SSSR count). The van der Waals surface area contributed by atoms with Gasteiger partial charge in [-0.2, -0.15) is 0 Å². The predicted octanol–water partition coefficient (Wildman–Crippen LogP) is 3.19. The fourth-order valence-corrected chi connectivity index (χ4v) is 3.08. The number of rotatable bonds is 6. The normalized spacial score (nSPS) is 19.3. The third-order valence-electron chi connectivity index (χ3n) is 4.94. The first-order chi connectivity index (χ1) is 9.20. The summed E-state index contributed by atoms with van der Waals surface area (Å²) < 4.78 is 5.54. The number of nitrogens with one attached hydrogen (secondary N) is 1. The minimum atomic E-state index is 0.617. The second-order valence-electron chi connectivity index (χ2n) is 6.48. The number of ether oxygens (including phenoxy) is 1. The van der Waals surface area contributed by atoms with Crippen molar-refractivity contribution in [3.05, 3.63) is 29.3 Å². The van der Waals surface area contributed by atoms with E-state index in [1.165, 1.54) is 30.5 Å².